The van der Waals surface area contributed by atoms with Crippen LogP contribution in [0, 0.1) is 6.92 Å². The van der Waals surface area contributed by atoms with Gasteiger partial charge in [0.15, 0.2) is 0 Å². The number of nitrogens with zero attached hydrogens (tertiary/aromatic N) is 1. The summed E-state index contributed by atoms with van der Waals surface area (Å²) in [4.78, 5) is 28.2. The van der Waals surface area contributed by atoms with Crippen molar-refractivity contribution in [2.75, 3.05) is 0 Å². The summed E-state index contributed by atoms with van der Waals surface area (Å²) in [7, 11) is 0. The molecule has 0 aliphatic rings. The lowest BCUT2D eigenvalue weighted by atomic mass is 10.1. The van der Waals surface area contributed by atoms with Gasteiger partial charge in [0.2, 0.25) is 0 Å². The van der Waals surface area contributed by atoms with Crippen molar-refractivity contribution in [3.63, 3.8) is 0 Å². The number of hydrogen-bond acceptors (Lipinski definition) is 5. The van der Waals surface area contributed by atoms with Crippen molar-refractivity contribution >= 4 is 34.6 Å². The molecule has 0 unspecified atom stereocenters. The van der Waals surface area contributed by atoms with Gasteiger partial charge in [-0.2, -0.15) is 11.3 Å². The summed E-state index contributed by atoms with van der Waals surface area (Å²) in [6.45, 7) is 3.64. The molecule has 5 nitrogen and oxygen atoms in total. The fraction of sp³-hybridized carbons (Fsp3) is 0.357. The molecule has 1 atom stereocenters. The Morgan fingerprint density at radius 2 is 2.24 bits per heavy atom. The van der Waals surface area contributed by atoms with Crippen LogP contribution in [-0.4, -0.2) is 28.0 Å². The van der Waals surface area contributed by atoms with E-state index >= 15 is 0 Å². The van der Waals surface area contributed by atoms with E-state index in [2.05, 4.69) is 10.3 Å². The fourth-order valence-electron chi connectivity index (χ4n) is 1.89. The summed E-state index contributed by atoms with van der Waals surface area (Å²) in [5.41, 5.74) is 1.61. The van der Waals surface area contributed by atoms with Gasteiger partial charge >= 0.3 is 5.97 Å². The number of aromatic nitrogens is 1. The standard InChI is InChI=1S/C14H16N2O3S2/c1-3-4-10(14(18)19)16-12(17)11-8(2)15-13(21-11)9-5-6-20-7-9/h5-7,10H,3-4H2,1-2H3,(H,16,17)(H,18,19)/t10-/m0/s1. The lowest BCUT2D eigenvalue weighted by Crippen LogP contribution is -2.40. The molecule has 21 heavy (non-hydrogen) atoms. The summed E-state index contributed by atoms with van der Waals surface area (Å²) in [6.07, 6.45) is 1.11. The largest absolute Gasteiger partial charge is 0.480 e. The molecular weight excluding hydrogens is 308 g/mol. The lowest BCUT2D eigenvalue weighted by Gasteiger charge is -2.12. The van der Waals surface area contributed by atoms with Crippen LogP contribution in [0.1, 0.15) is 35.1 Å². The molecule has 0 saturated heterocycles. The van der Waals surface area contributed by atoms with Crippen LogP contribution < -0.4 is 5.32 Å². The van der Waals surface area contributed by atoms with E-state index in [0.29, 0.717) is 23.4 Å². The third-order valence-corrected chi connectivity index (χ3v) is 4.84. The maximum atomic E-state index is 12.2. The van der Waals surface area contributed by atoms with E-state index in [4.69, 9.17) is 5.11 Å². The number of carboxylic acids is 1. The van der Waals surface area contributed by atoms with Gasteiger partial charge in [-0.05, 0) is 24.8 Å². The second kappa shape index (κ2) is 6.82. The number of thiophene rings is 1. The Morgan fingerprint density at radius 1 is 1.48 bits per heavy atom. The number of rotatable bonds is 6. The van der Waals surface area contributed by atoms with E-state index in [-0.39, 0.29) is 5.91 Å². The highest BCUT2D eigenvalue weighted by Crippen LogP contribution is 2.29. The van der Waals surface area contributed by atoms with Crippen molar-refractivity contribution < 1.29 is 14.7 Å². The molecule has 2 heterocycles. The van der Waals surface area contributed by atoms with E-state index in [1.54, 1.807) is 18.3 Å². The molecule has 2 aromatic rings. The Labute approximate surface area is 130 Å². The molecular formula is C14H16N2O3S2. The fourth-order valence-corrected chi connectivity index (χ4v) is 3.57. The number of nitrogens with one attached hydrogen (secondary N) is 1. The summed E-state index contributed by atoms with van der Waals surface area (Å²) in [5, 5.41) is 16.4. The highest BCUT2D eigenvalue weighted by molar-refractivity contribution is 7.17. The second-order valence-electron chi connectivity index (χ2n) is 4.60. The van der Waals surface area contributed by atoms with Gasteiger partial charge in [0.05, 0.1) is 5.69 Å². The van der Waals surface area contributed by atoms with Gasteiger partial charge < -0.3 is 10.4 Å². The smallest absolute Gasteiger partial charge is 0.326 e. The predicted octanol–water partition coefficient (Wildman–Crippen LogP) is 3.16. The van der Waals surface area contributed by atoms with Gasteiger partial charge in [0.1, 0.15) is 15.9 Å². The maximum absolute atomic E-state index is 12.2. The molecule has 0 bridgehead atoms. The molecule has 2 aromatic heterocycles. The van der Waals surface area contributed by atoms with Gasteiger partial charge in [0, 0.05) is 10.9 Å². The number of carbonyl (C=O) groups excluding carboxylic acids is 1. The Bertz CT molecular complexity index is 635. The molecule has 0 radical (unpaired) electrons. The Morgan fingerprint density at radius 3 is 2.81 bits per heavy atom. The molecule has 0 fully saturated rings. The molecule has 112 valence electrons. The normalized spacial score (nSPS) is 12.1. The number of hydrogen-bond donors (Lipinski definition) is 2. The quantitative estimate of drug-likeness (QED) is 0.855. The number of thiazole rings is 1. The van der Waals surface area contributed by atoms with Gasteiger partial charge in [-0.15, -0.1) is 11.3 Å². The average Bonchev–Trinajstić information content (AvgIpc) is 3.06. The van der Waals surface area contributed by atoms with E-state index in [1.165, 1.54) is 11.3 Å². The van der Waals surface area contributed by atoms with Crippen molar-refractivity contribution in [2.24, 2.45) is 0 Å². The van der Waals surface area contributed by atoms with Gasteiger partial charge in [0.25, 0.3) is 5.91 Å². The monoisotopic (exact) mass is 324 g/mol. The topological polar surface area (TPSA) is 79.3 Å². The zero-order valence-corrected chi connectivity index (χ0v) is 13.4. The van der Waals surface area contributed by atoms with Crippen LogP contribution in [0.15, 0.2) is 16.8 Å². The minimum Gasteiger partial charge on any atom is -0.480 e. The summed E-state index contributed by atoms with van der Waals surface area (Å²) in [5.74, 6) is -1.38. The first-order valence-corrected chi connectivity index (χ1v) is 8.32. The number of aryl methyl sites for hydroxylation is 1. The van der Waals surface area contributed by atoms with E-state index in [1.807, 2.05) is 23.8 Å². The number of aliphatic carboxylic acids is 1. The minimum absolute atomic E-state index is 0.368. The van der Waals surface area contributed by atoms with Crippen molar-refractivity contribution in [3.05, 3.63) is 27.4 Å². The van der Waals surface area contributed by atoms with E-state index < -0.39 is 12.0 Å². The van der Waals surface area contributed by atoms with Crippen LogP contribution >= 0.6 is 22.7 Å². The van der Waals surface area contributed by atoms with Crippen molar-refractivity contribution in [2.45, 2.75) is 32.7 Å². The SMILES string of the molecule is CCC[C@H](NC(=O)c1sc(-c2ccsc2)nc1C)C(=O)O. The van der Waals surface area contributed by atoms with Crippen LogP contribution in [0.2, 0.25) is 0 Å². The Kier molecular flexibility index (Phi) is 5.08. The van der Waals surface area contributed by atoms with Crippen LogP contribution in [0.3, 0.4) is 0 Å². The number of amides is 1. The van der Waals surface area contributed by atoms with Crippen LogP contribution in [-0.2, 0) is 4.79 Å². The molecule has 0 saturated carbocycles. The summed E-state index contributed by atoms with van der Waals surface area (Å²) < 4.78 is 0. The first-order chi connectivity index (χ1) is 10.0. The van der Waals surface area contributed by atoms with Crippen LogP contribution in [0.25, 0.3) is 10.6 Å². The predicted molar refractivity (Wildman–Crippen MR) is 84.0 cm³/mol. The average molecular weight is 324 g/mol. The summed E-state index contributed by atoms with van der Waals surface area (Å²) in [6, 6.07) is 1.09. The molecule has 0 spiro atoms. The van der Waals surface area contributed by atoms with E-state index in [9.17, 15) is 9.59 Å². The Balaban J connectivity index is 2.18. The third-order valence-electron chi connectivity index (χ3n) is 2.95. The van der Waals surface area contributed by atoms with Crippen molar-refractivity contribution in [1.82, 2.24) is 10.3 Å². The van der Waals surface area contributed by atoms with Gasteiger partial charge in [-0.3, -0.25) is 4.79 Å². The molecule has 0 aliphatic heterocycles. The van der Waals surface area contributed by atoms with Crippen molar-refractivity contribution in [1.29, 1.82) is 0 Å². The van der Waals surface area contributed by atoms with Crippen LogP contribution in [0.5, 0.6) is 0 Å². The van der Waals surface area contributed by atoms with E-state index in [0.717, 1.165) is 10.6 Å². The first-order valence-electron chi connectivity index (χ1n) is 6.56. The molecule has 2 rings (SSSR count). The number of carbonyl (C=O) groups is 2. The molecule has 0 aliphatic carbocycles. The Hall–Kier alpha value is -1.73. The molecule has 7 heteroatoms. The highest BCUT2D eigenvalue weighted by Gasteiger charge is 2.23. The third kappa shape index (κ3) is 3.68. The number of carboxylic acid groups (broad SMARTS) is 1. The first kappa shape index (κ1) is 15.7. The zero-order valence-electron chi connectivity index (χ0n) is 11.8. The minimum atomic E-state index is -1.01. The van der Waals surface area contributed by atoms with Crippen molar-refractivity contribution in [3.8, 4) is 10.6 Å². The lowest BCUT2D eigenvalue weighted by molar-refractivity contribution is -0.139. The molecule has 2 N–H and O–H groups in total. The molecule has 0 aromatic carbocycles. The highest BCUT2D eigenvalue weighted by atomic mass is 32.1. The van der Waals surface area contributed by atoms with Gasteiger partial charge in [-0.25, -0.2) is 9.78 Å². The second-order valence-corrected chi connectivity index (χ2v) is 6.38. The summed E-state index contributed by atoms with van der Waals surface area (Å²) >= 11 is 2.86. The van der Waals surface area contributed by atoms with Crippen LogP contribution in [0.4, 0.5) is 0 Å². The zero-order chi connectivity index (χ0) is 15.4. The molecule has 1 amide bonds. The van der Waals surface area contributed by atoms with Gasteiger partial charge in [-0.1, -0.05) is 13.3 Å². The maximum Gasteiger partial charge on any atom is 0.326 e.